The average Bonchev–Trinajstić information content (AvgIpc) is 2.59. The maximum absolute atomic E-state index is 11.3. The second-order valence-electron chi connectivity index (χ2n) is 4.78. The minimum Gasteiger partial charge on any atom is -0.328 e. The van der Waals surface area contributed by atoms with Gasteiger partial charge in [0.05, 0.1) is 0 Å². The van der Waals surface area contributed by atoms with Gasteiger partial charge >= 0.3 is 5.97 Å². The lowest BCUT2D eigenvalue weighted by Gasteiger charge is -2.15. The lowest BCUT2D eigenvalue weighted by Crippen LogP contribution is -2.32. The highest BCUT2D eigenvalue weighted by atomic mass is 17.2. The molecule has 0 aromatic rings. The molecule has 106 valence electrons. The standard InChI is InChI=1S/C11H16N2O6/c1-11(2,3)19-17-7-12-6-10(16)18-13-8(14)4-5-9(13)15/h7H,4-6H2,1-3H3. The second-order valence-corrected chi connectivity index (χ2v) is 4.78. The van der Waals surface area contributed by atoms with Gasteiger partial charge in [0.2, 0.25) is 6.40 Å². The monoisotopic (exact) mass is 272 g/mol. The van der Waals surface area contributed by atoms with Gasteiger partial charge in [-0.2, -0.15) is 4.89 Å². The largest absolute Gasteiger partial charge is 0.354 e. The highest BCUT2D eigenvalue weighted by Crippen LogP contribution is 2.12. The van der Waals surface area contributed by atoms with Crippen molar-refractivity contribution in [2.24, 2.45) is 4.99 Å². The van der Waals surface area contributed by atoms with E-state index in [-0.39, 0.29) is 19.4 Å². The Morgan fingerprint density at radius 2 is 1.89 bits per heavy atom. The van der Waals surface area contributed by atoms with Crippen LogP contribution in [-0.2, 0) is 29.0 Å². The molecule has 19 heavy (non-hydrogen) atoms. The molecule has 0 aromatic carbocycles. The first-order valence-electron chi connectivity index (χ1n) is 5.69. The van der Waals surface area contributed by atoms with Crippen LogP contribution >= 0.6 is 0 Å². The summed E-state index contributed by atoms with van der Waals surface area (Å²) in [6.07, 6.45) is 1.05. The van der Waals surface area contributed by atoms with Crippen molar-refractivity contribution < 1.29 is 29.0 Å². The van der Waals surface area contributed by atoms with Crippen LogP contribution < -0.4 is 0 Å². The van der Waals surface area contributed by atoms with Gasteiger partial charge in [-0.25, -0.2) is 9.79 Å². The van der Waals surface area contributed by atoms with Crippen LogP contribution in [0.5, 0.6) is 0 Å². The number of rotatable bonds is 5. The molecule has 0 saturated carbocycles. The number of imide groups is 1. The molecule has 0 bridgehead atoms. The first kappa shape index (κ1) is 15.1. The summed E-state index contributed by atoms with van der Waals surface area (Å²) in [6.45, 7) is 4.95. The first-order chi connectivity index (χ1) is 8.79. The van der Waals surface area contributed by atoms with Gasteiger partial charge in [0, 0.05) is 12.8 Å². The summed E-state index contributed by atoms with van der Waals surface area (Å²) in [6, 6.07) is 0. The number of amides is 2. The van der Waals surface area contributed by atoms with Gasteiger partial charge in [-0.05, 0) is 20.8 Å². The number of carbonyl (C=O) groups excluding carboxylic acids is 3. The number of hydrogen-bond donors (Lipinski definition) is 0. The fourth-order valence-corrected chi connectivity index (χ4v) is 1.10. The zero-order valence-corrected chi connectivity index (χ0v) is 11.0. The van der Waals surface area contributed by atoms with Crippen molar-refractivity contribution in [3.05, 3.63) is 0 Å². The van der Waals surface area contributed by atoms with Gasteiger partial charge in [-0.15, -0.1) is 5.06 Å². The SMILES string of the molecule is CC(C)(C)OOC=NCC(=O)ON1C(=O)CCC1=O. The molecular formula is C11H16N2O6. The predicted octanol–water partition coefficient (Wildman–Crippen LogP) is 0.369. The van der Waals surface area contributed by atoms with E-state index in [0.717, 1.165) is 6.40 Å². The predicted molar refractivity (Wildman–Crippen MR) is 62.5 cm³/mol. The Balaban J connectivity index is 2.26. The molecule has 0 N–H and O–H groups in total. The highest BCUT2D eigenvalue weighted by Gasteiger charge is 2.32. The maximum Gasteiger partial charge on any atom is 0.354 e. The molecular weight excluding hydrogens is 256 g/mol. The molecule has 0 aliphatic carbocycles. The van der Waals surface area contributed by atoms with Gasteiger partial charge in [-0.1, -0.05) is 0 Å². The molecule has 0 aromatic heterocycles. The molecule has 0 atom stereocenters. The van der Waals surface area contributed by atoms with E-state index in [4.69, 9.17) is 4.89 Å². The summed E-state index contributed by atoms with van der Waals surface area (Å²) in [5.41, 5.74) is -0.499. The number of hydrogen-bond acceptors (Lipinski definition) is 7. The Morgan fingerprint density at radius 3 is 2.42 bits per heavy atom. The third-order valence-corrected chi connectivity index (χ3v) is 1.83. The van der Waals surface area contributed by atoms with Crippen molar-refractivity contribution in [3.63, 3.8) is 0 Å². The Bertz CT molecular complexity index is 382. The minimum absolute atomic E-state index is 0.0535. The number of nitrogens with zero attached hydrogens (tertiary/aromatic N) is 2. The zero-order valence-electron chi connectivity index (χ0n) is 11.0. The van der Waals surface area contributed by atoms with E-state index in [9.17, 15) is 14.4 Å². The van der Waals surface area contributed by atoms with Crippen LogP contribution in [0.25, 0.3) is 0 Å². The Labute approximate surface area is 110 Å². The Morgan fingerprint density at radius 1 is 1.32 bits per heavy atom. The van der Waals surface area contributed by atoms with Crippen LogP contribution in [0.3, 0.4) is 0 Å². The Kier molecular flexibility index (Phi) is 4.99. The molecule has 0 unspecified atom stereocenters. The Hall–Kier alpha value is -1.96. The van der Waals surface area contributed by atoms with Crippen LogP contribution in [-0.4, -0.2) is 41.4 Å². The quantitative estimate of drug-likeness (QED) is 0.236. The van der Waals surface area contributed by atoms with E-state index in [1.165, 1.54) is 0 Å². The average molecular weight is 272 g/mol. The first-order valence-corrected chi connectivity index (χ1v) is 5.69. The van der Waals surface area contributed by atoms with E-state index in [1.54, 1.807) is 20.8 Å². The third-order valence-electron chi connectivity index (χ3n) is 1.83. The fraction of sp³-hybridized carbons (Fsp3) is 0.636. The van der Waals surface area contributed by atoms with Gasteiger partial charge in [0.25, 0.3) is 11.8 Å². The van der Waals surface area contributed by atoms with Crippen molar-refractivity contribution in [3.8, 4) is 0 Å². The molecule has 0 spiro atoms. The van der Waals surface area contributed by atoms with E-state index >= 15 is 0 Å². The number of aliphatic imine (C=N–C) groups is 1. The molecule has 2 amide bonds. The molecule has 0 radical (unpaired) electrons. The van der Waals surface area contributed by atoms with Crippen LogP contribution in [0.1, 0.15) is 33.6 Å². The third kappa shape index (κ3) is 5.47. The smallest absolute Gasteiger partial charge is 0.328 e. The van der Waals surface area contributed by atoms with Gasteiger partial charge < -0.3 is 9.73 Å². The molecule has 1 rings (SSSR count). The van der Waals surface area contributed by atoms with E-state index in [0.29, 0.717) is 5.06 Å². The van der Waals surface area contributed by atoms with E-state index in [2.05, 4.69) is 14.7 Å². The summed E-state index contributed by atoms with van der Waals surface area (Å²) in [4.78, 5) is 51.2. The topological polar surface area (TPSA) is 94.5 Å². The van der Waals surface area contributed by atoms with Gasteiger partial charge in [0.15, 0.2) is 0 Å². The zero-order chi connectivity index (χ0) is 14.5. The summed E-state index contributed by atoms with van der Waals surface area (Å²) in [7, 11) is 0. The molecule has 1 heterocycles. The summed E-state index contributed by atoms with van der Waals surface area (Å²) in [5, 5.41) is 0.463. The van der Waals surface area contributed by atoms with Crippen molar-refractivity contribution in [1.82, 2.24) is 5.06 Å². The van der Waals surface area contributed by atoms with Crippen molar-refractivity contribution in [2.75, 3.05) is 6.54 Å². The van der Waals surface area contributed by atoms with Crippen molar-refractivity contribution in [1.29, 1.82) is 0 Å². The highest BCUT2D eigenvalue weighted by molar-refractivity contribution is 6.01. The summed E-state index contributed by atoms with van der Waals surface area (Å²) < 4.78 is 0. The van der Waals surface area contributed by atoms with Crippen LogP contribution in [0.15, 0.2) is 4.99 Å². The molecule has 1 saturated heterocycles. The van der Waals surface area contributed by atoms with Crippen LogP contribution in [0.2, 0.25) is 0 Å². The van der Waals surface area contributed by atoms with Crippen molar-refractivity contribution in [2.45, 2.75) is 39.2 Å². The maximum atomic E-state index is 11.3. The lowest BCUT2D eigenvalue weighted by atomic mass is 10.2. The van der Waals surface area contributed by atoms with E-state index < -0.39 is 23.4 Å². The normalized spacial score (nSPS) is 16.3. The lowest BCUT2D eigenvalue weighted by molar-refractivity contribution is -0.283. The molecule has 8 heteroatoms. The van der Waals surface area contributed by atoms with Crippen LogP contribution in [0.4, 0.5) is 0 Å². The second kappa shape index (κ2) is 6.28. The summed E-state index contributed by atoms with van der Waals surface area (Å²) in [5.74, 6) is -1.90. The summed E-state index contributed by atoms with van der Waals surface area (Å²) >= 11 is 0. The number of hydroxylamine groups is 2. The molecule has 8 nitrogen and oxygen atoms in total. The van der Waals surface area contributed by atoms with E-state index in [1.807, 2.05) is 0 Å². The minimum atomic E-state index is -0.834. The number of carbonyl (C=O) groups is 3. The van der Waals surface area contributed by atoms with Gasteiger partial charge in [0.1, 0.15) is 12.1 Å². The molecule has 1 aliphatic heterocycles. The fourth-order valence-electron chi connectivity index (χ4n) is 1.10. The molecule has 1 fully saturated rings. The van der Waals surface area contributed by atoms with Gasteiger partial charge in [-0.3, -0.25) is 9.59 Å². The van der Waals surface area contributed by atoms with Crippen LogP contribution in [0, 0.1) is 0 Å². The van der Waals surface area contributed by atoms with Crippen molar-refractivity contribution >= 4 is 24.2 Å². The molecule has 1 aliphatic rings.